The van der Waals surface area contributed by atoms with E-state index in [1.807, 2.05) is 44.4 Å². The zero-order valence-electron chi connectivity index (χ0n) is 16.5. The van der Waals surface area contributed by atoms with E-state index in [-0.39, 0.29) is 17.9 Å². The molecule has 2 aromatic heterocycles. The summed E-state index contributed by atoms with van der Waals surface area (Å²) in [4.78, 5) is 31.2. The highest BCUT2D eigenvalue weighted by Crippen LogP contribution is 2.24. The fraction of sp³-hybridized carbons (Fsp3) is 0.174. The molecule has 29 heavy (non-hydrogen) atoms. The number of nitrogens with zero attached hydrogens (tertiary/aromatic N) is 3. The van der Waals surface area contributed by atoms with Gasteiger partial charge in [0.2, 0.25) is 0 Å². The number of rotatable bonds is 5. The molecule has 0 aliphatic heterocycles. The summed E-state index contributed by atoms with van der Waals surface area (Å²) in [5.74, 6) is -0.107. The molecule has 0 unspecified atom stereocenters. The molecular formula is C23H21N3O2S. The molecule has 0 amide bonds. The number of Topliss-reactive ketones (excluding diaryl/α,β-unsaturated/α-hetero) is 1. The van der Waals surface area contributed by atoms with Gasteiger partial charge in [0.15, 0.2) is 5.78 Å². The van der Waals surface area contributed by atoms with E-state index in [2.05, 4.69) is 21.7 Å². The van der Waals surface area contributed by atoms with Crippen LogP contribution in [0.1, 0.15) is 21.7 Å². The number of aryl methyl sites for hydroxylation is 1. The van der Waals surface area contributed by atoms with Crippen LogP contribution < -0.4 is 5.56 Å². The molecule has 0 saturated heterocycles. The molecule has 0 atom stereocenters. The Labute approximate surface area is 173 Å². The molecule has 0 bridgehead atoms. The van der Waals surface area contributed by atoms with Gasteiger partial charge in [-0.1, -0.05) is 18.2 Å². The number of thioether (sulfide) groups is 1. The second-order valence-electron chi connectivity index (χ2n) is 6.94. The third-order valence-electron chi connectivity index (χ3n) is 5.09. The van der Waals surface area contributed by atoms with Gasteiger partial charge in [-0.25, -0.2) is 4.98 Å². The number of hydrogen-bond donors (Lipinski definition) is 0. The number of para-hydroxylation sites is 1. The first-order chi connectivity index (χ1) is 14.0. The second-order valence-corrected chi connectivity index (χ2v) is 7.82. The van der Waals surface area contributed by atoms with Gasteiger partial charge in [-0.15, -0.1) is 11.8 Å². The normalized spacial score (nSPS) is 11.1. The van der Waals surface area contributed by atoms with Gasteiger partial charge in [-0.05, 0) is 56.5 Å². The molecular weight excluding hydrogens is 382 g/mol. The molecule has 4 aromatic rings. The molecule has 5 nitrogen and oxygen atoms in total. The third-order valence-corrected chi connectivity index (χ3v) is 5.81. The van der Waals surface area contributed by atoms with Gasteiger partial charge in [0.05, 0.1) is 23.8 Å². The molecule has 0 aliphatic carbocycles. The third kappa shape index (κ3) is 3.51. The second kappa shape index (κ2) is 7.72. The van der Waals surface area contributed by atoms with Gasteiger partial charge in [-0.2, -0.15) is 0 Å². The van der Waals surface area contributed by atoms with E-state index in [1.165, 1.54) is 10.9 Å². The number of carbonyl (C=O) groups is 1. The van der Waals surface area contributed by atoms with Crippen LogP contribution in [0.25, 0.3) is 16.6 Å². The molecule has 0 saturated carbocycles. The van der Waals surface area contributed by atoms with Crippen LogP contribution in [-0.4, -0.2) is 26.2 Å². The molecule has 0 spiro atoms. The van der Waals surface area contributed by atoms with Crippen LogP contribution in [0.5, 0.6) is 0 Å². The summed E-state index contributed by atoms with van der Waals surface area (Å²) < 4.78 is 3.46. The molecule has 0 radical (unpaired) electrons. The van der Waals surface area contributed by atoms with Gasteiger partial charge in [0.1, 0.15) is 0 Å². The Hall–Kier alpha value is -3.12. The van der Waals surface area contributed by atoms with E-state index < -0.39 is 0 Å². The maximum Gasteiger partial charge on any atom is 0.261 e. The van der Waals surface area contributed by atoms with E-state index in [0.29, 0.717) is 16.5 Å². The van der Waals surface area contributed by atoms with E-state index in [9.17, 15) is 9.59 Å². The van der Waals surface area contributed by atoms with Crippen molar-refractivity contribution >= 4 is 28.4 Å². The number of hydrogen-bond acceptors (Lipinski definition) is 4. The Morgan fingerprint density at radius 1 is 1.07 bits per heavy atom. The summed E-state index contributed by atoms with van der Waals surface area (Å²) in [5, 5.41) is 0.516. The summed E-state index contributed by atoms with van der Waals surface area (Å²) in [6.07, 6.45) is 3.49. The van der Waals surface area contributed by atoms with Crippen LogP contribution >= 0.6 is 11.8 Å². The van der Waals surface area contributed by atoms with Crippen molar-refractivity contribution in [1.82, 2.24) is 14.1 Å². The lowest BCUT2D eigenvalue weighted by Crippen LogP contribution is -2.24. The Balaban J connectivity index is 1.70. The Morgan fingerprint density at radius 3 is 2.66 bits per heavy atom. The summed E-state index contributed by atoms with van der Waals surface area (Å²) in [6, 6.07) is 17.3. The predicted molar refractivity (Wildman–Crippen MR) is 117 cm³/mol. The number of carbonyl (C=O) groups excluding carboxylic acids is 1. The average Bonchev–Trinajstić information content (AvgIpc) is 3.04. The van der Waals surface area contributed by atoms with Crippen LogP contribution in [0.15, 0.2) is 70.6 Å². The van der Waals surface area contributed by atoms with Crippen LogP contribution in [0.2, 0.25) is 0 Å². The minimum Gasteiger partial charge on any atom is -0.318 e. The summed E-state index contributed by atoms with van der Waals surface area (Å²) in [7, 11) is 0. The zero-order valence-corrected chi connectivity index (χ0v) is 17.4. The average molecular weight is 404 g/mol. The molecule has 6 heteroatoms. The van der Waals surface area contributed by atoms with Gasteiger partial charge < -0.3 is 4.57 Å². The number of aromatic nitrogens is 3. The first-order valence-corrected chi connectivity index (χ1v) is 10.5. The summed E-state index contributed by atoms with van der Waals surface area (Å²) >= 11 is 1.68. The maximum absolute atomic E-state index is 13.0. The van der Waals surface area contributed by atoms with Crippen molar-refractivity contribution in [2.45, 2.75) is 25.3 Å². The molecule has 2 heterocycles. The van der Waals surface area contributed by atoms with E-state index in [1.54, 1.807) is 30.0 Å². The van der Waals surface area contributed by atoms with E-state index in [0.717, 1.165) is 22.0 Å². The largest absolute Gasteiger partial charge is 0.318 e. The molecule has 146 valence electrons. The first kappa shape index (κ1) is 19.2. The first-order valence-electron chi connectivity index (χ1n) is 9.30. The lowest BCUT2D eigenvalue weighted by molar-refractivity contribution is 0.0970. The number of ketones is 1. The van der Waals surface area contributed by atoms with Gasteiger partial charge >= 0.3 is 0 Å². The zero-order chi connectivity index (χ0) is 20.5. The van der Waals surface area contributed by atoms with Crippen molar-refractivity contribution in [1.29, 1.82) is 0 Å². The topological polar surface area (TPSA) is 56.9 Å². The van der Waals surface area contributed by atoms with Crippen molar-refractivity contribution in [3.8, 4) is 5.69 Å². The SMILES string of the molecule is CSc1cccc(-n2c(C)cc(C(=O)Cn3cnc4ccccc4c3=O)c2C)c1. The van der Waals surface area contributed by atoms with Crippen molar-refractivity contribution in [3.63, 3.8) is 0 Å². The highest BCUT2D eigenvalue weighted by Gasteiger charge is 2.18. The highest BCUT2D eigenvalue weighted by atomic mass is 32.2. The smallest absolute Gasteiger partial charge is 0.261 e. The lowest BCUT2D eigenvalue weighted by atomic mass is 10.1. The Morgan fingerprint density at radius 2 is 1.86 bits per heavy atom. The fourth-order valence-electron chi connectivity index (χ4n) is 3.65. The minimum atomic E-state index is -0.203. The summed E-state index contributed by atoms with van der Waals surface area (Å²) in [5.41, 5.74) is 3.92. The number of benzene rings is 2. The number of fused-ring (bicyclic) bond motifs is 1. The lowest BCUT2D eigenvalue weighted by Gasteiger charge is -2.11. The summed E-state index contributed by atoms with van der Waals surface area (Å²) in [6.45, 7) is 3.89. The van der Waals surface area contributed by atoms with Gasteiger partial charge in [0, 0.05) is 27.5 Å². The Bertz CT molecular complexity index is 1290. The van der Waals surface area contributed by atoms with Crippen molar-refractivity contribution in [2.75, 3.05) is 6.26 Å². The maximum atomic E-state index is 13.0. The fourth-order valence-corrected chi connectivity index (χ4v) is 4.10. The molecule has 0 N–H and O–H groups in total. The van der Waals surface area contributed by atoms with Crippen LogP contribution in [-0.2, 0) is 6.54 Å². The monoisotopic (exact) mass is 403 g/mol. The van der Waals surface area contributed by atoms with Gasteiger partial charge in [0.25, 0.3) is 5.56 Å². The Kier molecular flexibility index (Phi) is 5.11. The molecule has 0 fully saturated rings. The quantitative estimate of drug-likeness (QED) is 0.366. The van der Waals surface area contributed by atoms with Crippen molar-refractivity contribution < 1.29 is 4.79 Å². The highest BCUT2D eigenvalue weighted by molar-refractivity contribution is 7.98. The van der Waals surface area contributed by atoms with Crippen LogP contribution in [0.4, 0.5) is 0 Å². The van der Waals surface area contributed by atoms with Crippen LogP contribution in [0.3, 0.4) is 0 Å². The minimum absolute atomic E-state index is 0.0359. The molecule has 0 aliphatic rings. The van der Waals surface area contributed by atoms with E-state index in [4.69, 9.17) is 0 Å². The molecule has 4 rings (SSSR count). The predicted octanol–water partition coefficient (Wildman–Crippen LogP) is 4.41. The van der Waals surface area contributed by atoms with Crippen LogP contribution in [0, 0.1) is 13.8 Å². The van der Waals surface area contributed by atoms with Crippen molar-refractivity contribution in [2.24, 2.45) is 0 Å². The van der Waals surface area contributed by atoms with E-state index >= 15 is 0 Å². The van der Waals surface area contributed by atoms with Gasteiger partial charge in [-0.3, -0.25) is 14.2 Å². The standard InChI is InChI=1S/C23H21N3O2S/c1-15-11-20(16(2)26(15)17-7-6-8-18(12-17)29-3)22(27)13-25-14-24-21-10-5-4-9-19(21)23(25)28/h4-12,14H,13H2,1-3H3. The molecule has 2 aromatic carbocycles. The van der Waals surface area contributed by atoms with Crippen molar-refractivity contribution in [3.05, 3.63) is 88.2 Å².